The molecule has 0 amide bonds. The molecule has 0 N–H and O–H groups in total. The summed E-state index contributed by atoms with van der Waals surface area (Å²) >= 11 is 1.85. The van der Waals surface area contributed by atoms with Crippen LogP contribution in [0.1, 0.15) is 38.8 Å². The van der Waals surface area contributed by atoms with Crippen molar-refractivity contribution >= 4 is 27.2 Å². The van der Waals surface area contributed by atoms with Gasteiger partial charge in [-0.3, -0.25) is 4.79 Å². The lowest BCUT2D eigenvalue weighted by Crippen LogP contribution is -2.03. The molecule has 4 aromatic carbocycles. The number of Topliss-reactive ketones (excluding diaryl/α,β-unsaturated/α-hetero) is 1. The molecular weight excluding hydrogens is 408 g/mol. The van der Waals surface area contributed by atoms with Gasteiger partial charge >= 0.3 is 0 Å². The van der Waals surface area contributed by atoms with Crippen LogP contribution in [-0.4, -0.2) is 5.78 Å². The number of carbonyl (C=O) groups is 1. The Hall–Kier alpha value is -3.49. The molecule has 32 heavy (non-hydrogen) atoms. The Kier molecular flexibility index (Phi) is 5.70. The van der Waals surface area contributed by atoms with Crippen molar-refractivity contribution in [2.45, 2.75) is 19.8 Å². The average molecular weight is 433 g/mol. The smallest absolute Gasteiger partial charge is 0.160 e. The number of ketones is 1. The van der Waals surface area contributed by atoms with Crippen LogP contribution >= 0.6 is 11.3 Å². The van der Waals surface area contributed by atoms with Crippen molar-refractivity contribution in [3.8, 4) is 11.1 Å². The van der Waals surface area contributed by atoms with Crippen molar-refractivity contribution in [3.05, 3.63) is 130 Å². The fourth-order valence-corrected chi connectivity index (χ4v) is 5.63. The van der Waals surface area contributed by atoms with Gasteiger partial charge < -0.3 is 0 Å². The quantitative estimate of drug-likeness (QED) is 0.249. The summed E-state index contributed by atoms with van der Waals surface area (Å²) in [4.78, 5) is 14.1. The van der Waals surface area contributed by atoms with E-state index in [0.29, 0.717) is 0 Å². The highest BCUT2D eigenvalue weighted by Gasteiger charge is 2.20. The van der Waals surface area contributed by atoms with Gasteiger partial charge in [0, 0.05) is 27.1 Å². The van der Waals surface area contributed by atoms with Crippen molar-refractivity contribution in [3.63, 3.8) is 0 Å². The standard InChI is InChI=1S/C30H24OS/c1-21(31)27-20-25-19-26(17-22-11-5-2-6-12-22)32-30(25)29(24-15-9-4-10-16-24)28(27)18-23-13-7-3-8-14-23/h2-16,19-20H,17-18H2,1H3. The zero-order chi connectivity index (χ0) is 21.9. The van der Waals surface area contributed by atoms with Gasteiger partial charge in [-0.05, 0) is 53.1 Å². The molecule has 0 unspecified atom stereocenters. The predicted octanol–water partition coefficient (Wildman–Crippen LogP) is 7.95. The van der Waals surface area contributed by atoms with E-state index in [9.17, 15) is 4.79 Å². The van der Waals surface area contributed by atoms with Crippen LogP contribution in [0.3, 0.4) is 0 Å². The number of thiophene rings is 1. The minimum atomic E-state index is 0.117. The molecule has 0 atom stereocenters. The first-order chi connectivity index (χ1) is 15.7. The van der Waals surface area contributed by atoms with Crippen molar-refractivity contribution in [1.29, 1.82) is 0 Å². The molecule has 0 aliphatic rings. The lowest BCUT2D eigenvalue weighted by atomic mass is 9.88. The SMILES string of the molecule is CC(=O)c1cc2cc(Cc3ccccc3)sc2c(-c2ccccc2)c1Cc1ccccc1. The van der Waals surface area contributed by atoms with Gasteiger partial charge in [0.25, 0.3) is 0 Å². The van der Waals surface area contributed by atoms with Gasteiger partial charge in [0.1, 0.15) is 0 Å². The van der Waals surface area contributed by atoms with Crippen LogP contribution in [0.25, 0.3) is 21.2 Å². The molecular formula is C30H24OS. The lowest BCUT2D eigenvalue weighted by molar-refractivity contribution is 0.101. The molecule has 5 rings (SSSR count). The normalized spacial score (nSPS) is 11.0. The van der Waals surface area contributed by atoms with Gasteiger partial charge in [0.2, 0.25) is 0 Å². The molecule has 0 aliphatic carbocycles. The Morgan fingerprint density at radius 2 is 1.28 bits per heavy atom. The molecule has 0 saturated heterocycles. The molecule has 2 heteroatoms. The molecule has 0 bridgehead atoms. The highest BCUT2D eigenvalue weighted by molar-refractivity contribution is 7.19. The van der Waals surface area contributed by atoms with E-state index < -0.39 is 0 Å². The summed E-state index contributed by atoms with van der Waals surface area (Å²) < 4.78 is 1.26. The zero-order valence-corrected chi connectivity index (χ0v) is 18.9. The maximum atomic E-state index is 12.8. The van der Waals surface area contributed by atoms with Crippen molar-refractivity contribution in [2.24, 2.45) is 0 Å². The summed E-state index contributed by atoms with van der Waals surface area (Å²) in [6.45, 7) is 1.68. The number of fused-ring (bicyclic) bond motifs is 1. The van der Waals surface area contributed by atoms with Gasteiger partial charge in [0.05, 0.1) is 0 Å². The van der Waals surface area contributed by atoms with E-state index in [1.165, 1.54) is 31.8 Å². The van der Waals surface area contributed by atoms with E-state index in [0.717, 1.165) is 29.4 Å². The molecule has 0 aliphatic heterocycles. The molecule has 1 aromatic heterocycles. The maximum absolute atomic E-state index is 12.8. The van der Waals surface area contributed by atoms with E-state index in [2.05, 4.69) is 91.0 Å². The van der Waals surface area contributed by atoms with Gasteiger partial charge in [-0.2, -0.15) is 0 Å². The molecule has 1 nitrogen and oxygen atoms in total. The molecule has 156 valence electrons. The summed E-state index contributed by atoms with van der Waals surface area (Å²) in [5.41, 5.74) is 6.82. The number of carbonyl (C=O) groups excluding carboxylic acids is 1. The maximum Gasteiger partial charge on any atom is 0.160 e. The third kappa shape index (κ3) is 4.15. The number of rotatable bonds is 6. The Morgan fingerprint density at radius 3 is 1.88 bits per heavy atom. The van der Waals surface area contributed by atoms with Crippen LogP contribution in [-0.2, 0) is 12.8 Å². The van der Waals surface area contributed by atoms with Crippen molar-refractivity contribution < 1.29 is 4.79 Å². The molecule has 5 aromatic rings. The van der Waals surface area contributed by atoms with Gasteiger partial charge in [-0.25, -0.2) is 0 Å². The Balaban J connectivity index is 1.74. The van der Waals surface area contributed by atoms with Crippen LogP contribution in [0.5, 0.6) is 0 Å². The lowest BCUT2D eigenvalue weighted by Gasteiger charge is -2.16. The number of benzene rings is 4. The fraction of sp³-hybridized carbons (Fsp3) is 0.100. The Labute approximate surface area is 193 Å². The van der Waals surface area contributed by atoms with Crippen LogP contribution in [0.2, 0.25) is 0 Å². The summed E-state index contributed by atoms with van der Waals surface area (Å²) in [6, 6.07) is 35.9. The first-order valence-electron chi connectivity index (χ1n) is 10.9. The minimum absolute atomic E-state index is 0.117. The van der Waals surface area contributed by atoms with Crippen LogP contribution < -0.4 is 0 Å². The van der Waals surface area contributed by atoms with Gasteiger partial charge in [0.15, 0.2) is 5.78 Å². The summed E-state index contributed by atoms with van der Waals surface area (Å²) in [6.07, 6.45) is 1.64. The van der Waals surface area contributed by atoms with Gasteiger partial charge in [-0.15, -0.1) is 11.3 Å². The zero-order valence-electron chi connectivity index (χ0n) is 18.0. The van der Waals surface area contributed by atoms with E-state index in [4.69, 9.17) is 0 Å². The Bertz CT molecular complexity index is 1370. The molecule has 0 fully saturated rings. The minimum Gasteiger partial charge on any atom is -0.295 e. The van der Waals surface area contributed by atoms with Crippen LogP contribution in [0.15, 0.2) is 103 Å². The largest absolute Gasteiger partial charge is 0.295 e. The third-order valence-corrected chi connectivity index (χ3v) is 7.02. The van der Waals surface area contributed by atoms with Crippen LogP contribution in [0.4, 0.5) is 0 Å². The molecule has 0 radical (unpaired) electrons. The summed E-state index contributed by atoms with van der Waals surface area (Å²) in [5, 5.41) is 1.15. The highest BCUT2D eigenvalue weighted by Crippen LogP contribution is 2.41. The average Bonchev–Trinajstić information content (AvgIpc) is 3.22. The highest BCUT2D eigenvalue weighted by atomic mass is 32.1. The first kappa shape index (κ1) is 20.4. The second kappa shape index (κ2) is 8.94. The topological polar surface area (TPSA) is 17.1 Å². The fourth-order valence-electron chi connectivity index (χ4n) is 4.37. The number of hydrogen-bond donors (Lipinski definition) is 0. The third-order valence-electron chi connectivity index (χ3n) is 5.85. The van der Waals surface area contributed by atoms with Crippen molar-refractivity contribution in [1.82, 2.24) is 0 Å². The number of hydrogen-bond acceptors (Lipinski definition) is 2. The monoisotopic (exact) mass is 432 g/mol. The summed E-state index contributed by atoms with van der Waals surface area (Å²) in [7, 11) is 0. The van der Waals surface area contributed by atoms with E-state index in [-0.39, 0.29) is 5.78 Å². The molecule has 1 heterocycles. The van der Waals surface area contributed by atoms with E-state index in [1.807, 2.05) is 23.5 Å². The Morgan fingerprint density at radius 1 is 0.719 bits per heavy atom. The van der Waals surface area contributed by atoms with E-state index in [1.54, 1.807) is 6.92 Å². The van der Waals surface area contributed by atoms with Crippen LogP contribution in [0, 0.1) is 0 Å². The second-order valence-corrected chi connectivity index (χ2v) is 9.29. The summed E-state index contributed by atoms with van der Waals surface area (Å²) in [5.74, 6) is 0.117. The van der Waals surface area contributed by atoms with Gasteiger partial charge in [-0.1, -0.05) is 91.0 Å². The molecule has 0 saturated carbocycles. The predicted molar refractivity (Wildman–Crippen MR) is 136 cm³/mol. The molecule has 0 spiro atoms. The van der Waals surface area contributed by atoms with E-state index >= 15 is 0 Å². The first-order valence-corrected chi connectivity index (χ1v) is 11.7. The van der Waals surface area contributed by atoms with Crippen molar-refractivity contribution in [2.75, 3.05) is 0 Å². The second-order valence-electron chi connectivity index (χ2n) is 8.16.